The Morgan fingerprint density at radius 1 is 1.50 bits per heavy atom. The maximum absolute atomic E-state index is 10.3. The quantitative estimate of drug-likeness (QED) is 0.279. The number of hydrogen-bond acceptors (Lipinski definition) is 5. The third-order valence-corrected chi connectivity index (χ3v) is 1.30. The van der Waals surface area contributed by atoms with Gasteiger partial charge in [0.25, 0.3) is 0 Å². The molecule has 0 saturated carbocycles. The van der Waals surface area contributed by atoms with Crippen molar-refractivity contribution in [3.63, 3.8) is 0 Å². The molecular formula is C8H13N2O4. The van der Waals surface area contributed by atoms with Crippen molar-refractivity contribution in [1.82, 2.24) is 5.48 Å². The fourth-order valence-electron chi connectivity index (χ4n) is 0.702. The van der Waals surface area contributed by atoms with Gasteiger partial charge < -0.3 is 9.57 Å². The number of carbonyl (C=O) groups is 1. The standard InChI is InChI=1S/C8H13N2O4/c1-7(12)14-10-8(9)4-2-3-5-13-6-11/h2-5H2,1H3,(H2,9,10). The van der Waals surface area contributed by atoms with Crippen molar-refractivity contribution >= 4 is 18.3 Å². The molecule has 6 nitrogen and oxygen atoms in total. The molecule has 0 amide bonds. The van der Waals surface area contributed by atoms with E-state index in [0.717, 1.165) is 0 Å². The van der Waals surface area contributed by atoms with Crippen LogP contribution in [-0.2, 0) is 19.2 Å². The summed E-state index contributed by atoms with van der Waals surface area (Å²) < 4.78 is 4.33. The molecule has 0 aliphatic carbocycles. The van der Waals surface area contributed by atoms with Crippen molar-refractivity contribution in [3.8, 4) is 0 Å². The molecule has 1 radical (unpaired) electrons. The van der Waals surface area contributed by atoms with Crippen molar-refractivity contribution in [3.05, 3.63) is 0 Å². The fourth-order valence-corrected chi connectivity index (χ4v) is 0.702. The van der Waals surface area contributed by atoms with Gasteiger partial charge in [-0.3, -0.25) is 10.2 Å². The van der Waals surface area contributed by atoms with Crippen LogP contribution in [-0.4, -0.2) is 24.9 Å². The summed E-state index contributed by atoms with van der Waals surface area (Å²) in [4.78, 5) is 24.3. The van der Waals surface area contributed by atoms with E-state index in [2.05, 4.69) is 15.1 Å². The van der Waals surface area contributed by atoms with Crippen LogP contribution in [0.5, 0.6) is 0 Å². The van der Waals surface area contributed by atoms with E-state index < -0.39 is 5.97 Å². The van der Waals surface area contributed by atoms with Crippen LogP contribution < -0.4 is 5.48 Å². The molecule has 0 aromatic heterocycles. The van der Waals surface area contributed by atoms with E-state index in [4.69, 9.17) is 5.41 Å². The smallest absolute Gasteiger partial charge is 0.417 e. The minimum Gasteiger partial charge on any atom is -0.457 e. The lowest BCUT2D eigenvalue weighted by Gasteiger charge is -2.05. The third-order valence-electron chi connectivity index (χ3n) is 1.30. The Kier molecular flexibility index (Phi) is 7.12. The number of nitrogens with one attached hydrogen (secondary N) is 2. The SMILES string of the molecule is CC(=O)ONC(=N)CCCCO[C]=O. The van der Waals surface area contributed by atoms with Gasteiger partial charge >= 0.3 is 12.4 Å². The zero-order chi connectivity index (χ0) is 10.8. The van der Waals surface area contributed by atoms with E-state index >= 15 is 0 Å². The van der Waals surface area contributed by atoms with E-state index in [1.165, 1.54) is 13.4 Å². The van der Waals surface area contributed by atoms with Crippen molar-refractivity contribution in [2.45, 2.75) is 26.2 Å². The number of ether oxygens (including phenoxy) is 1. The topological polar surface area (TPSA) is 88.5 Å². The second-order valence-corrected chi connectivity index (χ2v) is 2.56. The Labute approximate surface area is 82.0 Å². The summed E-state index contributed by atoms with van der Waals surface area (Å²) in [6, 6.07) is 0. The highest BCUT2D eigenvalue weighted by Crippen LogP contribution is 1.95. The maximum Gasteiger partial charge on any atom is 0.417 e. The molecule has 0 aromatic rings. The summed E-state index contributed by atoms with van der Waals surface area (Å²) in [6.07, 6.45) is 1.77. The Morgan fingerprint density at radius 2 is 2.21 bits per heavy atom. The molecule has 0 bridgehead atoms. The fraction of sp³-hybridized carbons (Fsp3) is 0.625. The van der Waals surface area contributed by atoms with Crippen LogP contribution in [0.15, 0.2) is 0 Å². The molecule has 0 fully saturated rings. The van der Waals surface area contributed by atoms with Gasteiger partial charge in [-0.15, -0.1) is 0 Å². The summed E-state index contributed by atoms with van der Waals surface area (Å²) in [7, 11) is 0. The lowest BCUT2D eigenvalue weighted by molar-refractivity contribution is -0.145. The largest absolute Gasteiger partial charge is 0.457 e. The van der Waals surface area contributed by atoms with Gasteiger partial charge in [-0.05, 0) is 12.8 Å². The molecule has 79 valence electrons. The molecule has 0 heterocycles. The van der Waals surface area contributed by atoms with Crippen molar-refractivity contribution in [2.24, 2.45) is 0 Å². The second kappa shape index (κ2) is 8.03. The summed E-state index contributed by atoms with van der Waals surface area (Å²) >= 11 is 0. The molecule has 0 atom stereocenters. The number of amidine groups is 1. The first-order valence-corrected chi connectivity index (χ1v) is 4.16. The highest BCUT2D eigenvalue weighted by atomic mass is 16.7. The molecule has 0 aromatic carbocycles. The van der Waals surface area contributed by atoms with Gasteiger partial charge in [0.2, 0.25) is 0 Å². The first-order chi connectivity index (χ1) is 6.66. The molecule has 2 N–H and O–H groups in total. The van der Waals surface area contributed by atoms with Gasteiger partial charge in [-0.1, -0.05) is 0 Å². The van der Waals surface area contributed by atoms with E-state index in [9.17, 15) is 9.59 Å². The lowest BCUT2D eigenvalue weighted by atomic mass is 10.2. The van der Waals surface area contributed by atoms with Gasteiger partial charge in [0.1, 0.15) is 5.84 Å². The molecule has 0 saturated heterocycles. The number of rotatable bonds is 6. The minimum atomic E-state index is -0.492. The van der Waals surface area contributed by atoms with E-state index in [1.54, 1.807) is 0 Å². The van der Waals surface area contributed by atoms with E-state index in [0.29, 0.717) is 25.9 Å². The minimum absolute atomic E-state index is 0.121. The Hall–Kier alpha value is -1.59. The summed E-state index contributed by atoms with van der Waals surface area (Å²) in [5.74, 6) is -0.371. The molecule has 0 aliphatic rings. The van der Waals surface area contributed by atoms with Gasteiger partial charge in [-0.2, -0.15) is 0 Å². The van der Waals surface area contributed by atoms with Crippen molar-refractivity contribution in [2.75, 3.05) is 6.61 Å². The predicted molar refractivity (Wildman–Crippen MR) is 48.1 cm³/mol. The molecular weight excluding hydrogens is 188 g/mol. The highest BCUT2D eigenvalue weighted by Gasteiger charge is 1.98. The molecule has 6 heteroatoms. The predicted octanol–water partition coefficient (Wildman–Crippen LogP) is 0.285. The van der Waals surface area contributed by atoms with Crippen molar-refractivity contribution < 1.29 is 19.2 Å². The highest BCUT2D eigenvalue weighted by molar-refractivity contribution is 5.79. The second-order valence-electron chi connectivity index (χ2n) is 2.56. The van der Waals surface area contributed by atoms with Crippen LogP contribution in [0.1, 0.15) is 26.2 Å². The molecule has 14 heavy (non-hydrogen) atoms. The van der Waals surface area contributed by atoms with Crippen LogP contribution >= 0.6 is 0 Å². The van der Waals surface area contributed by atoms with Gasteiger partial charge in [0.05, 0.1) is 6.61 Å². The van der Waals surface area contributed by atoms with Crippen LogP contribution in [0.25, 0.3) is 0 Å². The van der Waals surface area contributed by atoms with E-state index in [-0.39, 0.29) is 5.84 Å². The average Bonchev–Trinajstić information content (AvgIpc) is 2.14. The summed E-state index contributed by atoms with van der Waals surface area (Å²) in [6.45, 7) is 2.85. The Morgan fingerprint density at radius 3 is 2.79 bits per heavy atom. The van der Waals surface area contributed by atoms with E-state index in [1.807, 2.05) is 0 Å². The van der Waals surface area contributed by atoms with Crippen LogP contribution in [0.4, 0.5) is 0 Å². The van der Waals surface area contributed by atoms with Crippen LogP contribution in [0, 0.1) is 5.41 Å². The zero-order valence-corrected chi connectivity index (χ0v) is 7.96. The molecule has 0 aliphatic heterocycles. The zero-order valence-electron chi connectivity index (χ0n) is 7.96. The summed E-state index contributed by atoms with van der Waals surface area (Å²) in [5.41, 5.74) is 2.19. The van der Waals surface area contributed by atoms with Gasteiger partial charge in [-0.25, -0.2) is 10.3 Å². The van der Waals surface area contributed by atoms with Crippen molar-refractivity contribution in [1.29, 1.82) is 5.41 Å². The van der Waals surface area contributed by atoms with Gasteiger partial charge in [0, 0.05) is 13.3 Å². The Bertz CT molecular complexity index is 206. The third kappa shape index (κ3) is 8.51. The molecule has 0 rings (SSSR count). The average molecular weight is 201 g/mol. The normalized spacial score (nSPS) is 8.93. The lowest BCUT2D eigenvalue weighted by Crippen LogP contribution is -2.24. The van der Waals surface area contributed by atoms with Crippen LogP contribution in [0.2, 0.25) is 0 Å². The first kappa shape index (κ1) is 12.4. The number of carbonyl (C=O) groups excluding carboxylic acids is 2. The number of hydrogen-bond donors (Lipinski definition) is 2. The molecule has 0 unspecified atom stereocenters. The number of unbranched alkanes of at least 4 members (excludes halogenated alkanes) is 1. The maximum atomic E-state index is 10.3. The number of hydroxylamine groups is 1. The van der Waals surface area contributed by atoms with Gasteiger partial charge in [0.15, 0.2) is 0 Å². The first-order valence-electron chi connectivity index (χ1n) is 4.16. The summed E-state index contributed by atoms with van der Waals surface area (Å²) in [5, 5.41) is 7.26. The van der Waals surface area contributed by atoms with Crippen LogP contribution in [0.3, 0.4) is 0 Å². The Balaban J connectivity index is 3.26. The molecule has 0 spiro atoms. The monoisotopic (exact) mass is 201 g/mol.